The summed E-state index contributed by atoms with van der Waals surface area (Å²) in [5.41, 5.74) is 6.78. The van der Waals surface area contributed by atoms with Crippen LogP contribution in [0.25, 0.3) is 49.4 Å². The maximum atomic E-state index is 6.00. The molecule has 3 aromatic carbocycles. The zero-order valence-electron chi connectivity index (χ0n) is 16.9. The van der Waals surface area contributed by atoms with E-state index in [1.807, 2.05) is 12.3 Å². The Morgan fingerprint density at radius 1 is 0.800 bits per heavy atom. The molecule has 146 valence electrons. The van der Waals surface area contributed by atoms with Gasteiger partial charge in [0, 0.05) is 39.6 Å². The minimum absolute atomic E-state index is 0.875. The second-order valence-electron chi connectivity index (χ2n) is 7.96. The maximum Gasteiger partial charge on any atom is 0.138 e. The van der Waals surface area contributed by atoms with Gasteiger partial charge in [-0.1, -0.05) is 37.6 Å². The lowest BCUT2D eigenvalue weighted by molar-refractivity contribution is 0.668. The van der Waals surface area contributed by atoms with E-state index in [2.05, 4.69) is 77.1 Å². The summed E-state index contributed by atoms with van der Waals surface area (Å²) in [5.74, 6) is 0. The van der Waals surface area contributed by atoms with E-state index in [1.54, 1.807) is 6.20 Å². The van der Waals surface area contributed by atoms with Crippen LogP contribution >= 0.6 is 0 Å². The molecule has 0 unspecified atom stereocenters. The van der Waals surface area contributed by atoms with Crippen molar-refractivity contribution in [3.05, 3.63) is 84.7 Å². The van der Waals surface area contributed by atoms with E-state index in [0.29, 0.717) is 0 Å². The van der Waals surface area contributed by atoms with E-state index in [9.17, 15) is 0 Å². The molecule has 0 atom stereocenters. The van der Waals surface area contributed by atoms with Gasteiger partial charge in [-0.2, -0.15) is 0 Å². The highest BCUT2D eigenvalue weighted by atomic mass is 16.3. The van der Waals surface area contributed by atoms with Gasteiger partial charge in [0.05, 0.1) is 11.0 Å². The van der Waals surface area contributed by atoms with Crippen LogP contribution in [-0.2, 0) is 6.42 Å². The molecular weight excluding hydrogens is 368 g/mol. The molecule has 0 aliphatic heterocycles. The number of furan rings is 1. The molecule has 0 aliphatic carbocycles. The highest BCUT2D eigenvalue weighted by Crippen LogP contribution is 2.35. The van der Waals surface area contributed by atoms with Crippen LogP contribution in [0.2, 0.25) is 0 Å². The van der Waals surface area contributed by atoms with Crippen LogP contribution in [0.3, 0.4) is 0 Å². The molecule has 6 rings (SSSR count). The highest BCUT2D eigenvalue weighted by molar-refractivity contribution is 6.10. The van der Waals surface area contributed by atoms with Gasteiger partial charge < -0.3 is 8.98 Å². The van der Waals surface area contributed by atoms with E-state index in [4.69, 9.17) is 4.42 Å². The van der Waals surface area contributed by atoms with E-state index in [1.165, 1.54) is 40.2 Å². The monoisotopic (exact) mass is 390 g/mol. The minimum Gasteiger partial charge on any atom is -0.456 e. The molecule has 30 heavy (non-hydrogen) atoms. The fourth-order valence-corrected chi connectivity index (χ4v) is 4.58. The maximum absolute atomic E-state index is 6.00. The molecular formula is C27H22N2O. The van der Waals surface area contributed by atoms with Gasteiger partial charge in [-0.25, -0.2) is 0 Å². The van der Waals surface area contributed by atoms with Crippen molar-refractivity contribution < 1.29 is 4.42 Å². The third kappa shape index (κ3) is 2.55. The Labute approximate surface area is 174 Å². The van der Waals surface area contributed by atoms with Crippen molar-refractivity contribution in [3.8, 4) is 5.69 Å². The molecule has 0 N–H and O–H groups in total. The van der Waals surface area contributed by atoms with Crippen LogP contribution in [0.4, 0.5) is 0 Å². The Bertz CT molecular complexity index is 1540. The average molecular weight is 390 g/mol. The van der Waals surface area contributed by atoms with Crippen molar-refractivity contribution in [2.24, 2.45) is 0 Å². The summed E-state index contributed by atoms with van der Waals surface area (Å²) in [5, 5.41) is 4.76. The molecule has 0 amide bonds. The van der Waals surface area contributed by atoms with Crippen LogP contribution in [0.5, 0.6) is 0 Å². The number of aromatic nitrogens is 2. The first-order chi connectivity index (χ1) is 14.8. The van der Waals surface area contributed by atoms with Crippen LogP contribution in [0.1, 0.15) is 25.3 Å². The summed E-state index contributed by atoms with van der Waals surface area (Å²) < 4.78 is 8.37. The number of unbranched alkanes of at least 4 members (excludes halogenated alkanes) is 1. The van der Waals surface area contributed by atoms with Crippen molar-refractivity contribution in [3.63, 3.8) is 0 Å². The number of hydrogen-bond donors (Lipinski definition) is 0. The molecule has 0 saturated carbocycles. The number of nitrogens with zero attached hydrogens (tertiary/aromatic N) is 2. The molecule has 3 heterocycles. The Balaban J connectivity index is 1.64. The van der Waals surface area contributed by atoms with Crippen molar-refractivity contribution in [1.29, 1.82) is 0 Å². The molecule has 0 saturated heterocycles. The van der Waals surface area contributed by atoms with Crippen LogP contribution in [0, 0.1) is 0 Å². The van der Waals surface area contributed by atoms with Crippen molar-refractivity contribution in [1.82, 2.24) is 9.55 Å². The Kier molecular flexibility index (Phi) is 3.88. The van der Waals surface area contributed by atoms with E-state index in [0.717, 1.165) is 34.0 Å². The second kappa shape index (κ2) is 6.74. The standard InChI is InChI=1S/C27H22N2O/c1-2-3-6-18-9-11-25-21(15-18)20-7-4-5-8-24(20)29(25)19-10-12-26-22(16-19)23-17-28-14-13-27(23)30-26/h4-5,7-17H,2-3,6H2,1H3. The fraction of sp³-hybridized carbons (Fsp3) is 0.148. The first-order valence-corrected chi connectivity index (χ1v) is 10.6. The third-order valence-corrected chi connectivity index (χ3v) is 6.07. The van der Waals surface area contributed by atoms with Gasteiger partial charge in [0.25, 0.3) is 0 Å². The predicted octanol–water partition coefficient (Wildman–Crippen LogP) is 7.42. The Hall–Kier alpha value is -3.59. The van der Waals surface area contributed by atoms with Gasteiger partial charge in [0.15, 0.2) is 0 Å². The van der Waals surface area contributed by atoms with Crippen molar-refractivity contribution in [2.75, 3.05) is 0 Å². The lowest BCUT2D eigenvalue weighted by atomic mass is 10.0. The van der Waals surface area contributed by atoms with Gasteiger partial charge in [-0.15, -0.1) is 0 Å². The number of hydrogen-bond acceptors (Lipinski definition) is 2. The average Bonchev–Trinajstić information content (AvgIpc) is 3.32. The minimum atomic E-state index is 0.875. The molecule has 0 fully saturated rings. The Morgan fingerprint density at radius 3 is 2.60 bits per heavy atom. The quantitative estimate of drug-likeness (QED) is 0.313. The largest absolute Gasteiger partial charge is 0.456 e. The number of pyridine rings is 1. The van der Waals surface area contributed by atoms with Crippen molar-refractivity contribution in [2.45, 2.75) is 26.2 Å². The zero-order chi connectivity index (χ0) is 20.1. The Morgan fingerprint density at radius 2 is 1.67 bits per heavy atom. The lowest BCUT2D eigenvalue weighted by Crippen LogP contribution is -1.93. The van der Waals surface area contributed by atoms with Crippen LogP contribution < -0.4 is 0 Å². The summed E-state index contributed by atoms with van der Waals surface area (Å²) in [4.78, 5) is 4.29. The van der Waals surface area contributed by atoms with E-state index in [-0.39, 0.29) is 0 Å². The summed E-state index contributed by atoms with van der Waals surface area (Å²) >= 11 is 0. The number of para-hydroxylation sites is 1. The predicted molar refractivity (Wildman–Crippen MR) is 124 cm³/mol. The summed E-state index contributed by atoms with van der Waals surface area (Å²) in [7, 11) is 0. The highest BCUT2D eigenvalue weighted by Gasteiger charge is 2.14. The third-order valence-electron chi connectivity index (χ3n) is 6.07. The van der Waals surface area contributed by atoms with E-state index >= 15 is 0 Å². The summed E-state index contributed by atoms with van der Waals surface area (Å²) in [6.07, 6.45) is 7.23. The molecule has 3 nitrogen and oxygen atoms in total. The van der Waals surface area contributed by atoms with Gasteiger partial charge in [-0.05, 0) is 60.9 Å². The van der Waals surface area contributed by atoms with Gasteiger partial charge in [-0.3, -0.25) is 4.98 Å². The smallest absolute Gasteiger partial charge is 0.138 e. The zero-order valence-corrected chi connectivity index (χ0v) is 16.9. The fourth-order valence-electron chi connectivity index (χ4n) is 4.58. The molecule has 0 radical (unpaired) electrons. The normalized spacial score (nSPS) is 11.9. The number of aryl methyl sites for hydroxylation is 1. The topological polar surface area (TPSA) is 31.0 Å². The van der Waals surface area contributed by atoms with Crippen LogP contribution in [0.15, 0.2) is 83.5 Å². The van der Waals surface area contributed by atoms with Crippen LogP contribution in [-0.4, -0.2) is 9.55 Å². The molecule has 3 aromatic heterocycles. The molecule has 0 bridgehead atoms. The number of fused-ring (bicyclic) bond motifs is 6. The number of benzene rings is 3. The van der Waals surface area contributed by atoms with Gasteiger partial charge in [0.1, 0.15) is 11.2 Å². The first kappa shape index (κ1) is 17.3. The van der Waals surface area contributed by atoms with Gasteiger partial charge >= 0.3 is 0 Å². The summed E-state index contributed by atoms with van der Waals surface area (Å²) in [6, 6.07) is 24.0. The second-order valence-corrected chi connectivity index (χ2v) is 7.96. The van der Waals surface area contributed by atoms with Crippen molar-refractivity contribution >= 4 is 43.7 Å². The lowest BCUT2D eigenvalue weighted by Gasteiger charge is -2.08. The summed E-state index contributed by atoms with van der Waals surface area (Å²) in [6.45, 7) is 2.25. The van der Waals surface area contributed by atoms with Gasteiger partial charge in [0.2, 0.25) is 0 Å². The SMILES string of the molecule is CCCCc1ccc2c(c1)c1ccccc1n2-c1ccc2oc3ccncc3c2c1. The molecule has 6 aromatic rings. The first-order valence-electron chi connectivity index (χ1n) is 10.6. The molecule has 0 aliphatic rings. The van der Waals surface area contributed by atoms with E-state index < -0.39 is 0 Å². The molecule has 0 spiro atoms. The molecule has 3 heteroatoms. The number of rotatable bonds is 4.